The molecule has 0 saturated heterocycles. The third kappa shape index (κ3) is 4.36. The van der Waals surface area contributed by atoms with E-state index in [9.17, 15) is 14.4 Å². The Morgan fingerprint density at radius 1 is 1.07 bits per heavy atom. The van der Waals surface area contributed by atoms with Gasteiger partial charge in [0.2, 0.25) is 5.91 Å². The number of nitrogens with zero attached hydrogens (tertiary/aromatic N) is 1. The lowest BCUT2D eigenvalue weighted by molar-refractivity contribution is -0.121. The van der Waals surface area contributed by atoms with E-state index in [1.807, 2.05) is 24.3 Å². The fourth-order valence-electron chi connectivity index (χ4n) is 2.90. The Morgan fingerprint density at radius 2 is 1.78 bits per heavy atom. The van der Waals surface area contributed by atoms with Crippen LogP contribution < -0.4 is 10.1 Å². The Labute approximate surface area is 165 Å². The van der Waals surface area contributed by atoms with E-state index in [0.29, 0.717) is 24.1 Å². The van der Waals surface area contributed by atoms with E-state index in [2.05, 4.69) is 21.2 Å². The summed E-state index contributed by atoms with van der Waals surface area (Å²) in [5, 5.41) is 2.83. The average molecular weight is 431 g/mol. The second kappa shape index (κ2) is 8.35. The second-order valence-corrected chi connectivity index (χ2v) is 7.10. The molecule has 0 unspecified atom stereocenters. The summed E-state index contributed by atoms with van der Waals surface area (Å²) in [6, 6.07) is 12.5. The monoisotopic (exact) mass is 430 g/mol. The summed E-state index contributed by atoms with van der Waals surface area (Å²) in [5.74, 6) is 0.0271. The average Bonchev–Trinajstić information content (AvgIpc) is 2.91. The summed E-state index contributed by atoms with van der Waals surface area (Å²) in [7, 11) is 1.60. The van der Waals surface area contributed by atoms with Gasteiger partial charge in [-0.1, -0.05) is 28.1 Å². The molecule has 2 aromatic carbocycles. The molecule has 27 heavy (non-hydrogen) atoms. The van der Waals surface area contributed by atoms with Crippen LogP contribution in [0.25, 0.3) is 0 Å². The van der Waals surface area contributed by atoms with E-state index in [1.54, 1.807) is 25.3 Å². The van der Waals surface area contributed by atoms with Crippen molar-refractivity contribution in [3.63, 3.8) is 0 Å². The molecule has 1 heterocycles. The summed E-state index contributed by atoms with van der Waals surface area (Å²) < 4.78 is 5.85. The predicted octanol–water partition coefficient (Wildman–Crippen LogP) is 3.15. The van der Waals surface area contributed by atoms with Gasteiger partial charge in [0.25, 0.3) is 11.8 Å². The van der Waals surface area contributed by atoms with Crippen LogP contribution in [0.2, 0.25) is 0 Å². The lowest BCUT2D eigenvalue weighted by Crippen LogP contribution is -2.32. The highest BCUT2D eigenvalue weighted by Gasteiger charge is 2.35. The van der Waals surface area contributed by atoms with Crippen molar-refractivity contribution in [3.05, 3.63) is 63.6 Å². The van der Waals surface area contributed by atoms with Crippen LogP contribution in [0.15, 0.2) is 46.9 Å². The van der Waals surface area contributed by atoms with E-state index in [-0.39, 0.29) is 30.7 Å². The number of nitrogens with one attached hydrogen (secondary N) is 1. The Morgan fingerprint density at radius 3 is 2.48 bits per heavy atom. The van der Waals surface area contributed by atoms with Gasteiger partial charge >= 0.3 is 0 Å². The van der Waals surface area contributed by atoms with Crippen LogP contribution in [0.3, 0.4) is 0 Å². The third-order valence-electron chi connectivity index (χ3n) is 4.37. The fourth-order valence-corrected chi connectivity index (χ4v) is 3.26. The van der Waals surface area contributed by atoms with Gasteiger partial charge in [0.15, 0.2) is 0 Å². The van der Waals surface area contributed by atoms with E-state index in [1.165, 1.54) is 4.90 Å². The Kier molecular flexibility index (Phi) is 5.91. The van der Waals surface area contributed by atoms with Gasteiger partial charge in [0.05, 0.1) is 18.2 Å². The molecule has 0 fully saturated rings. The molecule has 1 N–H and O–H groups in total. The highest BCUT2D eigenvalue weighted by atomic mass is 79.9. The molecule has 1 aliphatic heterocycles. The number of carbonyl (C=O) groups excluding carboxylic acids is 3. The van der Waals surface area contributed by atoms with Crippen LogP contribution in [-0.4, -0.2) is 36.3 Å². The van der Waals surface area contributed by atoms with Crippen LogP contribution in [0, 0.1) is 0 Å². The Balaban J connectivity index is 1.46. The van der Waals surface area contributed by atoms with Gasteiger partial charge in [-0.25, -0.2) is 0 Å². The van der Waals surface area contributed by atoms with Gasteiger partial charge in [-0.3, -0.25) is 19.3 Å². The number of fused-ring (bicyclic) bond motifs is 1. The zero-order chi connectivity index (χ0) is 19.4. The maximum absolute atomic E-state index is 12.4. The minimum Gasteiger partial charge on any atom is -0.497 e. The Bertz CT molecular complexity index is 880. The molecule has 0 atom stereocenters. The number of amides is 3. The molecule has 0 aliphatic carbocycles. The molecule has 7 heteroatoms. The molecule has 140 valence electrons. The molecular weight excluding hydrogens is 412 g/mol. The molecule has 3 amide bonds. The van der Waals surface area contributed by atoms with E-state index < -0.39 is 0 Å². The molecule has 6 nitrogen and oxygen atoms in total. The van der Waals surface area contributed by atoms with Crippen molar-refractivity contribution in [2.75, 3.05) is 13.7 Å². The SMILES string of the molecule is COc1ccc(CNC(=O)CCCN2C(=O)c3ccc(Br)cc3C2=O)cc1. The summed E-state index contributed by atoms with van der Waals surface area (Å²) in [5.41, 5.74) is 1.78. The molecule has 0 spiro atoms. The summed E-state index contributed by atoms with van der Waals surface area (Å²) in [6.07, 6.45) is 0.661. The van der Waals surface area contributed by atoms with Gasteiger partial charge in [-0.2, -0.15) is 0 Å². The van der Waals surface area contributed by atoms with Gasteiger partial charge < -0.3 is 10.1 Å². The summed E-state index contributed by atoms with van der Waals surface area (Å²) >= 11 is 3.31. The van der Waals surface area contributed by atoms with Crippen molar-refractivity contribution in [1.29, 1.82) is 0 Å². The van der Waals surface area contributed by atoms with Gasteiger partial charge in [0.1, 0.15) is 5.75 Å². The van der Waals surface area contributed by atoms with Crippen molar-refractivity contribution in [1.82, 2.24) is 10.2 Å². The van der Waals surface area contributed by atoms with Crippen molar-refractivity contribution in [2.45, 2.75) is 19.4 Å². The largest absolute Gasteiger partial charge is 0.497 e. The first kappa shape index (κ1) is 19.1. The molecule has 0 radical (unpaired) electrons. The number of ether oxygens (including phenoxy) is 1. The topological polar surface area (TPSA) is 75.7 Å². The smallest absolute Gasteiger partial charge is 0.261 e. The maximum Gasteiger partial charge on any atom is 0.261 e. The number of hydrogen-bond acceptors (Lipinski definition) is 4. The van der Waals surface area contributed by atoms with Crippen LogP contribution in [0.5, 0.6) is 5.75 Å². The molecule has 0 saturated carbocycles. The van der Waals surface area contributed by atoms with Crippen LogP contribution in [0.4, 0.5) is 0 Å². The first-order valence-corrected chi connectivity index (χ1v) is 9.34. The third-order valence-corrected chi connectivity index (χ3v) is 4.86. The predicted molar refractivity (Wildman–Crippen MR) is 104 cm³/mol. The van der Waals surface area contributed by atoms with E-state index in [4.69, 9.17) is 4.74 Å². The molecule has 1 aliphatic rings. The maximum atomic E-state index is 12.4. The quantitative estimate of drug-likeness (QED) is 0.684. The highest BCUT2D eigenvalue weighted by Crippen LogP contribution is 2.26. The number of imide groups is 1. The number of halogens is 1. The van der Waals surface area contributed by atoms with Gasteiger partial charge in [-0.05, 0) is 42.3 Å². The highest BCUT2D eigenvalue weighted by molar-refractivity contribution is 9.10. The van der Waals surface area contributed by atoms with Crippen molar-refractivity contribution in [2.24, 2.45) is 0 Å². The molecule has 3 rings (SSSR count). The van der Waals surface area contributed by atoms with Crippen LogP contribution in [-0.2, 0) is 11.3 Å². The first-order chi connectivity index (χ1) is 13.0. The lowest BCUT2D eigenvalue weighted by atomic mass is 10.1. The van der Waals surface area contributed by atoms with Crippen LogP contribution in [0.1, 0.15) is 39.1 Å². The van der Waals surface area contributed by atoms with Gasteiger partial charge in [0, 0.05) is 24.0 Å². The lowest BCUT2D eigenvalue weighted by Gasteiger charge is -2.13. The normalized spacial score (nSPS) is 12.9. The minimum absolute atomic E-state index is 0.120. The number of methoxy groups -OCH3 is 1. The Hall–Kier alpha value is -2.67. The summed E-state index contributed by atoms with van der Waals surface area (Å²) in [6.45, 7) is 0.643. The van der Waals surface area contributed by atoms with Gasteiger partial charge in [-0.15, -0.1) is 0 Å². The molecular formula is C20H19BrN2O4. The number of hydrogen-bond donors (Lipinski definition) is 1. The minimum atomic E-state index is -0.310. The standard InChI is InChI=1S/C20H19BrN2O4/c1-27-15-7-4-13(5-8-15)12-22-18(24)3-2-10-23-19(25)16-9-6-14(21)11-17(16)20(23)26/h4-9,11H,2-3,10,12H2,1H3,(H,22,24). The first-order valence-electron chi connectivity index (χ1n) is 8.55. The fraction of sp³-hybridized carbons (Fsp3) is 0.250. The van der Waals surface area contributed by atoms with Crippen molar-refractivity contribution < 1.29 is 19.1 Å². The number of carbonyl (C=O) groups is 3. The molecule has 0 aromatic heterocycles. The molecule has 2 aromatic rings. The number of benzene rings is 2. The molecule has 0 bridgehead atoms. The second-order valence-electron chi connectivity index (χ2n) is 6.18. The van der Waals surface area contributed by atoms with Crippen LogP contribution >= 0.6 is 15.9 Å². The number of rotatable bonds is 7. The van der Waals surface area contributed by atoms with E-state index in [0.717, 1.165) is 15.8 Å². The zero-order valence-electron chi connectivity index (χ0n) is 14.8. The van der Waals surface area contributed by atoms with Crippen molar-refractivity contribution in [3.8, 4) is 5.75 Å². The summed E-state index contributed by atoms with van der Waals surface area (Å²) in [4.78, 5) is 37.9. The zero-order valence-corrected chi connectivity index (χ0v) is 16.4. The van der Waals surface area contributed by atoms with E-state index >= 15 is 0 Å². The van der Waals surface area contributed by atoms with Crippen molar-refractivity contribution >= 4 is 33.7 Å².